The monoisotopic (exact) mass is 464 g/mol. The Hall–Kier alpha value is -2.96. The Bertz CT molecular complexity index is 1230. The summed E-state index contributed by atoms with van der Waals surface area (Å²) < 4.78 is 28.6. The molecule has 0 fully saturated rings. The summed E-state index contributed by atoms with van der Waals surface area (Å²) in [7, 11) is -3.87. The van der Waals surface area contributed by atoms with Gasteiger partial charge in [-0.15, -0.1) is 0 Å². The molecule has 0 radical (unpaired) electrons. The second kappa shape index (κ2) is 10.3. The molecule has 3 rings (SSSR count). The molecule has 3 aromatic rings. The van der Waals surface area contributed by atoms with Crippen molar-refractivity contribution in [1.82, 2.24) is 4.31 Å². The number of carbonyl (C=O) groups excluding carboxylic acids is 1. The molecular weight excluding hydrogens is 432 g/mol. The molecule has 0 aliphatic carbocycles. The number of aryl methyl sites for hydroxylation is 5. The van der Waals surface area contributed by atoms with Crippen molar-refractivity contribution < 1.29 is 13.2 Å². The van der Waals surface area contributed by atoms with Gasteiger partial charge in [-0.25, -0.2) is 8.42 Å². The molecule has 3 aromatic carbocycles. The number of amides is 1. The van der Waals surface area contributed by atoms with Crippen LogP contribution in [0.25, 0.3) is 0 Å². The second-order valence-electron chi connectivity index (χ2n) is 8.67. The Morgan fingerprint density at radius 1 is 0.818 bits per heavy atom. The van der Waals surface area contributed by atoms with Gasteiger partial charge in [0.25, 0.3) is 0 Å². The van der Waals surface area contributed by atoms with Gasteiger partial charge in [-0.1, -0.05) is 60.2 Å². The predicted octanol–water partition coefficient (Wildman–Crippen LogP) is 5.10. The van der Waals surface area contributed by atoms with Gasteiger partial charge >= 0.3 is 0 Å². The summed E-state index contributed by atoms with van der Waals surface area (Å²) in [4.78, 5) is 13.3. The number of anilines is 1. The van der Waals surface area contributed by atoms with Crippen LogP contribution in [0.3, 0.4) is 0 Å². The molecule has 0 bridgehead atoms. The first-order chi connectivity index (χ1) is 15.6. The Balaban J connectivity index is 1.90. The van der Waals surface area contributed by atoms with Gasteiger partial charge in [0, 0.05) is 12.2 Å². The molecule has 0 saturated carbocycles. The van der Waals surface area contributed by atoms with Gasteiger partial charge in [-0.3, -0.25) is 4.79 Å². The van der Waals surface area contributed by atoms with Crippen molar-refractivity contribution in [2.24, 2.45) is 0 Å². The molecule has 1 N–H and O–H groups in total. The normalized spacial score (nSPS) is 11.6. The highest BCUT2D eigenvalue weighted by Crippen LogP contribution is 2.24. The number of nitrogens with zero attached hydrogens (tertiary/aromatic N) is 1. The Kier molecular flexibility index (Phi) is 7.72. The van der Waals surface area contributed by atoms with Crippen molar-refractivity contribution >= 4 is 21.6 Å². The highest BCUT2D eigenvalue weighted by Gasteiger charge is 2.28. The van der Waals surface area contributed by atoms with Crippen molar-refractivity contribution in [3.63, 3.8) is 0 Å². The van der Waals surface area contributed by atoms with E-state index in [9.17, 15) is 13.2 Å². The molecule has 0 unspecified atom stereocenters. The van der Waals surface area contributed by atoms with Crippen molar-refractivity contribution in [2.45, 2.75) is 45.9 Å². The minimum atomic E-state index is -3.87. The van der Waals surface area contributed by atoms with E-state index in [0.29, 0.717) is 12.0 Å². The molecule has 0 saturated heterocycles. The Morgan fingerprint density at radius 2 is 1.45 bits per heavy atom. The van der Waals surface area contributed by atoms with E-state index in [1.54, 1.807) is 19.1 Å². The van der Waals surface area contributed by atoms with Crippen LogP contribution >= 0.6 is 0 Å². The summed E-state index contributed by atoms with van der Waals surface area (Å²) >= 11 is 0. The molecule has 0 aliphatic heterocycles. The van der Waals surface area contributed by atoms with Crippen molar-refractivity contribution in [1.29, 1.82) is 0 Å². The number of hydrogen-bond acceptors (Lipinski definition) is 3. The smallest absolute Gasteiger partial charge is 0.243 e. The minimum Gasteiger partial charge on any atom is -0.324 e. The van der Waals surface area contributed by atoms with Gasteiger partial charge in [0.1, 0.15) is 0 Å². The molecule has 5 nitrogen and oxygen atoms in total. The van der Waals surface area contributed by atoms with E-state index in [0.717, 1.165) is 33.5 Å². The molecule has 0 aliphatic rings. The van der Waals surface area contributed by atoms with Gasteiger partial charge in [-0.05, 0) is 74.9 Å². The topological polar surface area (TPSA) is 66.5 Å². The average Bonchev–Trinajstić information content (AvgIpc) is 2.76. The maximum atomic E-state index is 13.6. The third kappa shape index (κ3) is 6.09. The molecule has 33 heavy (non-hydrogen) atoms. The lowest BCUT2D eigenvalue weighted by Crippen LogP contribution is -2.39. The highest BCUT2D eigenvalue weighted by molar-refractivity contribution is 7.89. The number of rotatable bonds is 8. The van der Waals surface area contributed by atoms with Crippen LogP contribution in [0.5, 0.6) is 0 Å². The van der Waals surface area contributed by atoms with Gasteiger partial charge in [-0.2, -0.15) is 4.31 Å². The Morgan fingerprint density at radius 3 is 2.09 bits per heavy atom. The third-order valence-corrected chi connectivity index (χ3v) is 7.70. The zero-order valence-corrected chi connectivity index (χ0v) is 20.8. The predicted molar refractivity (Wildman–Crippen MR) is 134 cm³/mol. The first-order valence-electron chi connectivity index (χ1n) is 11.1. The fraction of sp³-hybridized carbons (Fsp3) is 0.296. The lowest BCUT2D eigenvalue weighted by molar-refractivity contribution is -0.116. The largest absolute Gasteiger partial charge is 0.324 e. The lowest BCUT2D eigenvalue weighted by Gasteiger charge is -2.23. The number of benzene rings is 3. The molecule has 0 heterocycles. The maximum absolute atomic E-state index is 13.6. The number of carbonyl (C=O) groups is 1. The van der Waals surface area contributed by atoms with Crippen molar-refractivity contribution in [3.8, 4) is 0 Å². The van der Waals surface area contributed by atoms with E-state index in [4.69, 9.17) is 0 Å². The van der Waals surface area contributed by atoms with Gasteiger partial charge < -0.3 is 5.32 Å². The van der Waals surface area contributed by atoms with Crippen LogP contribution in [0.2, 0.25) is 0 Å². The molecule has 6 heteroatoms. The van der Waals surface area contributed by atoms with Crippen LogP contribution in [0.15, 0.2) is 65.6 Å². The van der Waals surface area contributed by atoms with Gasteiger partial charge in [0.15, 0.2) is 0 Å². The summed E-state index contributed by atoms with van der Waals surface area (Å²) in [5.41, 5.74) is 6.30. The van der Waals surface area contributed by atoms with E-state index in [1.807, 2.05) is 76.2 Å². The summed E-state index contributed by atoms with van der Waals surface area (Å²) in [6, 6.07) is 19.1. The Labute approximate surface area is 197 Å². The zero-order valence-electron chi connectivity index (χ0n) is 20.0. The highest BCUT2D eigenvalue weighted by atomic mass is 32.2. The van der Waals surface area contributed by atoms with Gasteiger partial charge in [0.2, 0.25) is 15.9 Å². The van der Waals surface area contributed by atoms with Crippen LogP contribution in [-0.4, -0.2) is 31.7 Å². The number of sulfonamides is 1. The van der Waals surface area contributed by atoms with Crippen LogP contribution in [-0.2, 0) is 21.2 Å². The first kappa shape index (κ1) is 24.7. The molecule has 0 atom stereocenters. The molecular formula is C27H32N2O3S. The fourth-order valence-corrected chi connectivity index (χ4v) is 5.73. The van der Waals surface area contributed by atoms with E-state index in [-0.39, 0.29) is 23.9 Å². The van der Waals surface area contributed by atoms with Crippen LogP contribution in [0.1, 0.15) is 33.4 Å². The number of hydrogen-bond donors (Lipinski definition) is 1. The third-order valence-electron chi connectivity index (χ3n) is 5.72. The number of nitrogens with one attached hydrogen (secondary N) is 1. The summed E-state index contributed by atoms with van der Waals surface area (Å²) in [6.07, 6.45) is 0.515. The van der Waals surface area contributed by atoms with E-state index in [1.165, 1.54) is 4.31 Å². The zero-order chi connectivity index (χ0) is 24.2. The van der Waals surface area contributed by atoms with E-state index >= 15 is 0 Å². The van der Waals surface area contributed by atoms with Crippen molar-refractivity contribution in [2.75, 3.05) is 18.4 Å². The van der Waals surface area contributed by atoms with Crippen LogP contribution in [0.4, 0.5) is 5.69 Å². The van der Waals surface area contributed by atoms with Crippen molar-refractivity contribution in [3.05, 3.63) is 94.0 Å². The van der Waals surface area contributed by atoms with E-state index in [2.05, 4.69) is 5.32 Å². The molecule has 174 valence electrons. The maximum Gasteiger partial charge on any atom is 0.243 e. The summed E-state index contributed by atoms with van der Waals surface area (Å²) in [5, 5.41) is 2.94. The van der Waals surface area contributed by atoms with Crippen LogP contribution in [0, 0.1) is 34.6 Å². The quantitative estimate of drug-likeness (QED) is 0.504. The average molecular weight is 465 g/mol. The summed E-state index contributed by atoms with van der Waals surface area (Å²) in [5.74, 6) is -0.355. The summed E-state index contributed by atoms with van der Waals surface area (Å²) in [6.45, 7) is 9.48. The fourth-order valence-electron chi connectivity index (χ4n) is 4.02. The van der Waals surface area contributed by atoms with Crippen LogP contribution < -0.4 is 5.32 Å². The van der Waals surface area contributed by atoms with Gasteiger partial charge in [0.05, 0.1) is 11.4 Å². The minimum absolute atomic E-state index is 0.207. The standard InChI is InChI=1S/C27H32N2O3S/c1-19-11-12-21(3)25(17-19)33(31,32)29(14-13-24-9-7-6-8-10-24)18-26(30)28-27-22(4)15-20(2)16-23(27)5/h6-12,15-17H,13-14,18H2,1-5H3,(H,28,30). The van der Waals surface area contributed by atoms with E-state index < -0.39 is 10.0 Å². The molecule has 0 spiro atoms. The first-order valence-corrected chi connectivity index (χ1v) is 12.5. The molecule has 0 aromatic heterocycles. The SMILES string of the molecule is Cc1cc(C)c(NC(=O)CN(CCc2ccccc2)S(=O)(=O)c2cc(C)ccc2C)c(C)c1. The molecule has 1 amide bonds. The second-order valence-corrected chi connectivity index (χ2v) is 10.6. The lowest BCUT2D eigenvalue weighted by atomic mass is 10.1.